The van der Waals surface area contributed by atoms with Gasteiger partial charge in [0.25, 0.3) is 5.91 Å². The summed E-state index contributed by atoms with van der Waals surface area (Å²) in [6, 6.07) is 11.5. The van der Waals surface area contributed by atoms with Crippen LogP contribution in [0.5, 0.6) is 5.75 Å². The third kappa shape index (κ3) is 6.91. The average Bonchev–Trinajstić information content (AvgIpc) is 2.66. The molecule has 2 aromatic carbocycles. The lowest BCUT2D eigenvalue weighted by molar-refractivity contribution is -0.142. The number of carbonyl (C=O) groups excluding carboxylic acids is 2. The Balaban J connectivity index is 2.21. The molecule has 0 fully saturated rings. The average molecular weight is 502 g/mol. The fourth-order valence-corrected chi connectivity index (χ4v) is 3.38. The van der Waals surface area contributed by atoms with E-state index in [9.17, 15) is 9.59 Å². The zero-order chi connectivity index (χ0) is 21.6. The van der Waals surface area contributed by atoms with Gasteiger partial charge in [-0.1, -0.05) is 45.2 Å². The van der Waals surface area contributed by atoms with E-state index in [4.69, 9.17) is 27.9 Å². The van der Waals surface area contributed by atoms with Crippen molar-refractivity contribution in [2.45, 2.75) is 39.4 Å². The predicted molar refractivity (Wildman–Crippen MR) is 119 cm³/mol. The highest BCUT2D eigenvalue weighted by Crippen LogP contribution is 2.26. The van der Waals surface area contributed by atoms with Crippen LogP contribution in [0.2, 0.25) is 10.0 Å². The van der Waals surface area contributed by atoms with Gasteiger partial charge < -0.3 is 15.0 Å². The first kappa shape index (κ1) is 23.5. The van der Waals surface area contributed by atoms with Gasteiger partial charge in [-0.3, -0.25) is 9.59 Å². The molecule has 0 saturated carbocycles. The smallest absolute Gasteiger partial charge is 0.261 e. The summed E-state index contributed by atoms with van der Waals surface area (Å²) in [6.07, 6.45) is 0. The molecule has 0 spiro atoms. The Morgan fingerprint density at radius 3 is 2.21 bits per heavy atom. The number of hydrogen-bond acceptors (Lipinski definition) is 3. The van der Waals surface area contributed by atoms with Gasteiger partial charge >= 0.3 is 0 Å². The number of nitrogens with one attached hydrogen (secondary N) is 1. The summed E-state index contributed by atoms with van der Waals surface area (Å²) in [5.74, 6) is -0.0629. The highest BCUT2D eigenvalue weighted by molar-refractivity contribution is 9.10. The third-order valence-electron chi connectivity index (χ3n) is 4.16. The molecule has 2 amide bonds. The molecule has 0 aliphatic carbocycles. The number of benzene rings is 2. The van der Waals surface area contributed by atoms with Crippen LogP contribution in [0.4, 0.5) is 0 Å². The Morgan fingerprint density at radius 1 is 1.07 bits per heavy atom. The second-order valence-corrected chi connectivity index (χ2v) is 8.53. The van der Waals surface area contributed by atoms with Crippen molar-refractivity contribution in [1.82, 2.24) is 10.2 Å². The van der Waals surface area contributed by atoms with Crippen molar-refractivity contribution in [2.75, 3.05) is 6.61 Å². The van der Waals surface area contributed by atoms with Gasteiger partial charge in [-0.25, -0.2) is 0 Å². The minimum atomic E-state index is -0.731. The number of carbonyl (C=O) groups is 2. The Kier molecular flexibility index (Phi) is 8.80. The van der Waals surface area contributed by atoms with Crippen LogP contribution in [0.15, 0.2) is 46.9 Å². The molecule has 0 bridgehead atoms. The fraction of sp³-hybridized carbons (Fsp3) is 0.333. The molecule has 0 heterocycles. The molecule has 156 valence electrons. The molecule has 0 unspecified atom stereocenters. The minimum absolute atomic E-state index is 0.0511. The van der Waals surface area contributed by atoms with E-state index in [-0.39, 0.29) is 31.0 Å². The molecule has 1 N–H and O–H groups in total. The van der Waals surface area contributed by atoms with Crippen molar-refractivity contribution in [2.24, 2.45) is 0 Å². The highest BCUT2D eigenvalue weighted by atomic mass is 79.9. The first-order valence-electron chi connectivity index (χ1n) is 9.10. The van der Waals surface area contributed by atoms with Gasteiger partial charge in [0, 0.05) is 32.7 Å². The molecular formula is C21H23BrCl2N2O3. The van der Waals surface area contributed by atoms with Crippen LogP contribution in [-0.2, 0) is 16.1 Å². The molecular weight excluding hydrogens is 479 g/mol. The van der Waals surface area contributed by atoms with Crippen LogP contribution in [0, 0.1) is 0 Å². The lowest BCUT2D eigenvalue weighted by Crippen LogP contribution is -2.50. The molecule has 0 aromatic heterocycles. The molecule has 0 saturated heterocycles. The van der Waals surface area contributed by atoms with Crippen LogP contribution in [0.3, 0.4) is 0 Å². The largest absolute Gasteiger partial charge is 0.484 e. The molecule has 8 heteroatoms. The summed E-state index contributed by atoms with van der Waals surface area (Å²) in [5, 5.41) is 3.69. The summed E-state index contributed by atoms with van der Waals surface area (Å²) in [7, 11) is 0. The quantitative estimate of drug-likeness (QED) is 0.548. The maximum absolute atomic E-state index is 13.0. The maximum Gasteiger partial charge on any atom is 0.261 e. The van der Waals surface area contributed by atoms with Crippen molar-refractivity contribution in [1.29, 1.82) is 0 Å². The van der Waals surface area contributed by atoms with Gasteiger partial charge in [-0.15, -0.1) is 0 Å². The van der Waals surface area contributed by atoms with Gasteiger partial charge in [0.1, 0.15) is 11.8 Å². The van der Waals surface area contributed by atoms with Gasteiger partial charge in [0.05, 0.1) is 0 Å². The molecule has 5 nitrogen and oxygen atoms in total. The Morgan fingerprint density at radius 2 is 1.66 bits per heavy atom. The van der Waals surface area contributed by atoms with Crippen LogP contribution < -0.4 is 10.1 Å². The van der Waals surface area contributed by atoms with E-state index in [1.807, 2.05) is 26.0 Å². The number of nitrogens with zero attached hydrogens (tertiary/aromatic N) is 1. The second kappa shape index (κ2) is 10.9. The van der Waals surface area contributed by atoms with Gasteiger partial charge in [0.15, 0.2) is 6.61 Å². The van der Waals surface area contributed by atoms with E-state index >= 15 is 0 Å². The topological polar surface area (TPSA) is 58.6 Å². The van der Waals surface area contributed by atoms with Crippen LogP contribution in [0.25, 0.3) is 0 Å². The van der Waals surface area contributed by atoms with Crippen molar-refractivity contribution >= 4 is 50.9 Å². The molecule has 2 rings (SSSR count). The molecule has 2 aromatic rings. The Bertz CT molecular complexity index is 839. The summed E-state index contributed by atoms with van der Waals surface area (Å²) in [4.78, 5) is 26.9. The van der Waals surface area contributed by atoms with Crippen LogP contribution >= 0.6 is 39.1 Å². The second-order valence-electron chi connectivity index (χ2n) is 6.80. The zero-order valence-electron chi connectivity index (χ0n) is 16.4. The predicted octanol–water partition coefficient (Wildman–Crippen LogP) is 5.08. The van der Waals surface area contributed by atoms with Gasteiger partial charge in [0.2, 0.25) is 5.91 Å². The SMILES string of the molecule is CC(C)NC(=O)[C@@H](C)N(Cc1c(Cl)cccc1Cl)C(=O)COc1ccc(Br)cc1. The number of hydrogen-bond donors (Lipinski definition) is 1. The van der Waals surface area contributed by atoms with E-state index in [0.717, 1.165) is 4.47 Å². The zero-order valence-corrected chi connectivity index (χ0v) is 19.5. The van der Waals surface area contributed by atoms with E-state index in [1.165, 1.54) is 4.90 Å². The van der Waals surface area contributed by atoms with Crippen molar-refractivity contribution < 1.29 is 14.3 Å². The first-order chi connectivity index (χ1) is 13.7. The summed E-state index contributed by atoms with van der Waals surface area (Å²) in [6.45, 7) is 5.26. The molecule has 0 aliphatic rings. The number of rotatable bonds is 8. The van der Waals surface area contributed by atoms with E-state index in [2.05, 4.69) is 21.2 Å². The van der Waals surface area contributed by atoms with Crippen molar-refractivity contribution in [3.63, 3.8) is 0 Å². The van der Waals surface area contributed by atoms with E-state index < -0.39 is 6.04 Å². The van der Waals surface area contributed by atoms with Gasteiger partial charge in [-0.2, -0.15) is 0 Å². The first-order valence-corrected chi connectivity index (χ1v) is 10.6. The lowest BCUT2D eigenvalue weighted by Gasteiger charge is -2.30. The highest BCUT2D eigenvalue weighted by Gasteiger charge is 2.28. The standard InChI is InChI=1S/C21H23BrCl2N2O3/c1-13(2)25-21(28)14(3)26(11-17-18(23)5-4-6-19(17)24)20(27)12-29-16-9-7-15(22)8-10-16/h4-10,13-14H,11-12H2,1-3H3,(H,25,28)/t14-/m1/s1. The Labute approximate surface area is 189 Å². The fourth-order valence-electron chi connectivity index (χ4n) is 2.60. The van der Waals surface area contributed by atoms with E-state index in [0.29, 0.717) is 21.4 Å². The molecule has 0 radical (unpaired) electrons. The van der Waals surface area contributed by atoms with Crippen molar-refractivity contribution in [3.8, 4) is 5.75 Å². The lowest BCUT2D eigenvalue weighted by atomic mass is 10.1. The normalized spacial score (nSPS) is 11.8. The molecule has 1 atom stereocenters. The summed E-state index contributed by atoms with van der Waals surface area (Å²) < 4.78 is 6.51. The monoisotopic (exact) mass is 500 g/mol. The third-order valence-corrected chi connectivity index (χ3v) is 5.40. The number of ether oxygens (including phenoxy) is 1. The summed E-state index contributed by atoms with van der Waals surface area (Å²) in [5.41, 5.74) is 0.581. The van der Waals surface area contributed by atoms with Gasteiger partial charge in [-0.05, 0) is 57.2 Å². The number of halogens is 3. The van der Waals surface area contributed by atoms with Crippen LogP contribution in [0.1, 0.15) is 26.3 Å². The van der Waals surface area contributed by atoms with Crippen LogP contribution in [-0.4, -0.2) is 35.4 Å². The molecule has 29 heavy (non-hydrogen) atoms. The molecule has 0 aliphatic heterocycles. The van der Waals surface area contributed by atoms with E-state index in [1.54, 1.807) is 37.3 Å². The minimum Gasteiger partial charge on any atom is -0.484 e. The van der Waals surface area contributed by atoms with Crippen molar-refractivity contribution in [3.05, 3.63) is 62.5 Å². The Hall–Kier alpha value is -1.76. The summed E-state index contributed by atoms with van der Waals surface area (Å²) >= 11 is 15.9. The number of amides is 2. The maximum atomic E-state index is 13.0.